The largest absolute Gasteiger partial charge is 0.328 e. The highest BCUT2D eigenvalue weighted by molar-refractivity contribution is 5.54. The Morgan fingerprint density at radius 2 is 2.13 bits per heavy atom. The maximum absolute atomic E-state index is 13.2. The van der Waals surface area contributed by atoms with E-state index in [0.29, 0.717) is 5.95 Å². The number of nitrogens with one attached hydrogen (secondary N) is 2. The molecule has 1 heterocycles. The average Bonchev–Trinajstić information content (AvgIpc) is 2.56. The highest BCUT2D eigenvalue weighted by Gasteiger charge is 2.05. The van der Waals surface area contributed by atoms with E-state index in [-0.39, 0.29) is 5.69 Å². The van der Waals surface area contributed by atoms with E-state index in [1.165, 1.54) is 12.1 Å². The van der Waals surface area contributed by atoms with Crippen LogP contribution < -0.4 is 5.32 Å². The molecule has 0 saturated carbocycles. The minimum Gasteiger partial charge on any atom is -0.328 e. The summed E-state index contributed by atoms with van der Waals surface area (Å²) >= 11 is 0. The van der Waals surface area contributed by atoms with Crippen molar-refractivity contribution in [1.29, 1.82) is 0 Å². The van der Waals surface area contributed by atoms with E-state index >= 15 is 0 Å². The predicted octanol–water partition coefficient (Wildman–Crippen LogP) is 2.74. The van der Waals surface area contributed by atoms with Gasteiger partial charge in [-0.3, -0.25) is 0 Å². The minimum atomic E-state index is -0.649. The van der Waals surface area contributed by atoms with E-state index < -0.39 is 11.6 Å². The third kappa shape index (κ3) is 2.12. The molecule has 78 valence electrons. The van der Waals surface area contributed by atoms with Crippen LogP contribution in [0.4, 0.5) is 20.4 Å². The number of imidazole rings is 1. The van der Waals surface area contributed by atoms with Crippen LogP contribution in [-0.2, 0) is 0 Å². The first kappa shape index (κ1) is 9.64. The third-order valence-corrected chi connectivity index (χ3v) is 1.89. The zero-order valence-corrected chi connectivity index (χ0v) is 8.01. The molecule has 2 rings (SSSR count). The zero-order valence-electron chi connectivity index (χ0n) is 8.01. The van der Waals surface area contributed by atoms with Crippen molar-refractivity contribution in [3.63, 3.8) is 0 Å². The molecule has 0 unspecified atom stereocenters. The number of aromatic nitrogens is 2. The first-order valence-electron chi connectivity index (χ1n) is 4.39. The zero-order chi connectivity index (χ0) is 10.8. The van der Waals surface area contributed by atoms with Gasteiger partial charge in [0.05, 0.1) is 5.69 Å². The predicted molar refractivity (Wildman–Crippen MR) is 53.0 cm³/mol. The Labute approximate surface area is 85.2 Å². The molecule has 0 amide bonds. The first-order valence-corrected chi connectivity index (χ1v) is 4.39. The van der Waals surface area contributed by atoms with E-state index in [0.717, 1.165) is 11.8 Å². The first-order chi connectivity index (χ1) is 7.15. The molecular formula is C10H9F2N3. The van der Waals surface area contributed by atoms with Crippen molar-refractivity contribution in [3.05, 3.63) is 41.7 Å². The highest BCUT2D eigenvalue weighted by atomic mass is 19.1. The van der Waals surface area contributed by atoms with Gasteiger partial charge in [-0.25, -0.2) is 13.8 Å². The second-order valence-electron chi connectivity index (χ2n) is 3.16. The van der Waals surface area contributed by atoms with Crippen LogP contribution in [0.5, 0.6) is 0 Å². The summed E-state index contributed by atoms with van der Waals surface area (Å²) in [5.74, 6) is -0.823. The number of halogens is 2. The van der Waals surface area contributed by atoms with E-state index in [1.54, 1.807) is 6.20 Å². The molecule has 0 atom stereocenters. The molecular weight excluding hydrogens is 200 g/mol. The van der Waals surface area contributed by atoms with Crippen molar-refractivity contribution in [2.24, 2.45) is 0 Å². The molecule has 1 aromatic carbocycles. The second-order valence-corrected chi connectivity index (χ2v) is 3.16. The molecule has 0 aliphatic heterocycles. The van der Waals surface area contributed by atoms with Gasteiger partial charge in [-0.1, -0.05) is 0 Å². The van der Waals surface area contributed by atoms with Crippen molar-refractivity contribution >= 4 is 11.6 Å². The van der Waals surface area contributed by atoms with Gasteiger partial charge in [0.15, 0.2) is 0 Å². The molecule has 0 fully saturated rings. The Morgan fingerprint density at radius 3 is 2.73 bits per heavy atom. The van der Waals surface area contributed by atoms with Crippen molar-refractivity contribution < 1.29 is 8.78 Å². The summed E-state index contributed by atoms with van der Waals surface area (Å²) in [7, 11) is 0. The van der Waals surface area contributed by atoms with Crippen LogP contribution in [-0.4, -0.2) is 9.97 Å². The van der Waals surface area contributed by atoms with Crippen LogP contribution in [0, 0.1) is 18.6 Å². The lowest BCUT2D eigenvalue weighted by molar-refractivity contribution is 0.586. The lowest BCUT2D eigenvalue weighted by atomic mass is 10.3. The number of rotatable bonds is 2. The normalized spacial score (nSPS) is 10.3. The van der Waals surface area contributed by atoms with Crippen molar-refractivity contribution in [1.82, 2.24) is 9.97 Å². The van der Waals surface area contributed by atoms with E-state index in [1.807, 2.05) is 6.92 Å². The fourth-order valence-corrected chi connectivity index (χ4v) is 1.19. The Kier molecular flexibility index (Phi) is 2.37. The smallest absolute Gasteiger partial charge is 0.204 e. The summed E-state index contributed by atoms with van der Waals surface area (Å²) in [5, 5.41) is 2.71. The second kappa shape index (κ2) is 3.68. The Morgan fingerprint density at radius 1 is 1.33 bits per heavy atom. The number of aromatic amines is 1. The topological polar surface area (TPSA) is 40.7 Å². The SMILES string of the molecule is Cc1cnc(Nc2ccc(F)cc2F)[nH]1. The Hall–Kier alpha value is -1.91. The summed E-state index contributed by atoms with van der Waals surface area (Å²) in [5.41, 5.74) is 1.05. The number of benzene rings is 1. The maximum atomic E-state index is 13.2. The van der Waals surface area contributed by atoms with Crippen LogP contribution in [0.15, 0.2) is 24.4 Å². The lowest BCUT2D eigenvalue weighted by Crippen LogP contribution is -1.96. The molecule has 3 nitrogen and oxygen atoms in total. The van der Waals surface area contributed by atoms with Crippen LogP contribution in [0.3, 0.4) is 0 Å². The molecule has 0 radical (unpaired) electrons. The molecule has 0 saturated heterocycles. The van der Waals surface area contributed by atoms with Gasteiger partial charge in [-0.15, -0.1) is 0 Å². The summed E-state index contributed by atoms with van der Waals surface area (Å²) in [6.45, 7) is 1.83. The molecule has 5 heteroatoms. The van der Waals surface area contributed by atoms with Gasteiger partial charge in [-0.2, -0.15) is 0 Å². The van der Waals surface area contributed by atoms with Crippen LogP contribution in [0.25, 0.3) is 0 Å². The number of aryl methyl sites for hydroxylation is 1. The Bertz CT molecular complexity index is 479. The summed E-state index contributed by atoms with van der Waals surface area (Å²) in [6.07, 6.45) is 1.61. The van der Waals surface area contributed by atoms with Crippen molar-refractivity contribution in [2.75, 3.05) is 5.32 Å². The van der Waals surface area contributed by atoms with Crippen molar-refractivity contribution in [2.45, 2.75) is 6.92 Å². The number of hydrogen-bond acceptors (Lipinski definition) is 2. The summed E-state index contributed by atoms with van der Waals surface area (Å²) < 4.78 is 25.8. The monoisotopic (exact) mass is 209 g/mol. The van der Waals surface area contributed by atoms with E-state index in [9.17, 15) is 8.78 Å². The van der Waals surface area contributed by atoms with Gasteiger partial charge in [0.25, 0.3) is 0 Å². The molecule has 1 aromatic heterocycles. The standard InChI is InChI=1S/C10H9F2N3/c1-6-5-13-10(14-6)15-9-3-2-7(11)4-8(9)12/h2-5H,1H3,(H2,13,14,15). The van der Waals surface area contributed by atoms with Gasteiger partial charge in [0.2, 0.25) is 5.95 Å². The highest BCUT2D eigenvalue weighted by Crippen LogP contribution is 2.18. The fraction of sp³-hybridized carbons (Fsp3) is 0.100. The van der Waals surface area contributed by atoms with Crippen LogP contribution >= 0.6 is 0 Å². The van der Waals surface area contributed by atoms with E-state index in [2.05, 4.69) is 15.3 Å². The fourth-order valence-electron chi connectivity index (χ4n) is 1.19. The molecule has 2 aromatic rings. The van der Waals surface area contributed by atoms with Crippen LogP contribution in [0.1, 0.15) is 5.69 Å². The maximum Gasteiger partial charge on any atom is 0.204 e. The van der Waals surface area contributed by atoms with Gasteiger partial charge >= 0.3 is 0 Å². The number of nitrogens with zero attached hydrogens (tertiary/aromatic N) is 1. The van der Waals surface area contributed by atoms with Gasteiger partial charge in [-0.05, 0) is 19.1 Å². The molecule has 0 aliphatic carbocycles. The van der Waals surface area contributed by atoms with Crippen LogP contribution in [0.2, 0.25) is 0 Å². The number of anilines is 2. The van der Waals surface area contributed by atoms with Crippen molar-refractivity contribution in [3.8, 4) is 0 Å². The number of H-pyrrole nitrogens is 1. The molecule has 0 aliphatic rings. The molecule has 2 N–H and O–H groups in total. The quantitative estimate of drug-likeness (QED) is 0.798. The lowest BCUT2D eigenvalue weighted by Gasteiger charge is -2.03. The third-order valence-electron chi connectivity index (χ3n) is 1.89. The van der Waals surface area contributed by atoms with Gasteiger partial charge < -0.3 is 10.3 Å². The average molecular weight is 209 g/mol. The van der Waals surface area contributed by atoms with E-state index in [4.69, 9.17) is 0 Å². The minimum absolute atomic E-state index is 0.186. The molecule has 15 heavy (non-hydrogen) atoms. The summed E-state index contributed by atoms with van der Waals surface area (Å²) in [6, 6.07) is 3.32. The van der Waals surface area contributed by atoms with Gasteiger partial charge in [0.1, 0.15) is 11.6 Å². The number of hydrogen-bond donors (Lipinski definition) is 2. The summed E-state index contributed by atoms with van der Waals surface area (Å²) in [4.78, 5) is 6.83. The Balaban J connectivity index is 2.24. The molecule has 0 spiro atoms. The van der Waals surface area contributed by atoms with Gasteiger partial charge in [0, 0.05) is 18.0 Å². The molecule has 0 bridgehead atoms.